The van der Waals surface area contributed by atoms with Crippen molar-refractivity contribution < 1.29 is 22.7 Å². The van der Waals surface area contributed by atoms with Gasteiger partial charge < -0.3 is 4.74 Å². The number of pyridine rings is 1. The second kappa shape index (κ2) is 4.47. The number of ether oxygens (including phenoxy) is 1. The van der Waals surface area contributed by atoms with Gasteiger partial charge in [0.1, 0.15) is 5.69 Å². The van der Waals surface area contributed by atoms with Crippen LogP contribution in [0.1, 0.15) is 46.1 Å². The number of fused-ring (bicyclic) bond motifs is 1. The summed E-state index contributed by atoms with van der Waals surface area (Å²) >= 11 is 0. The molecule has 0 aliphatic heterocycles. The highest BCUT2D eigenvalue weighted by Crippen LogP contribution is 2.43. The van der Waals surface area contributed by atoms with E-state index in [0.717, 1.165) is 23.4 Å². The fraction of sp³-hybridized carbons (Fsp3) is 0.429. The van der Waals surface area contributed by atoms with Crippen molar-refractivity contribution in [2.75, 3.05) is 7.11 Å². The fourth-order valence-electron chi connectivity index (χ4n) is 2.43. The minimum Gasteiger partial charge on any atom is -0.464 e. The Hall–Kier alpha value is -2.05. The molecule has 0 aromatic carbocycles. The van der Waals surface area contributed by atoms with E-state index in [2.05, 4.69) is 9.84 Å². The lowest BCUT2D eigenvalue weighted by atomic mass is 10.1. The molecule has 0 unspecified atom stereocenters. The van der Waals surface area contributed by atoms with Crippen LogP contribution in [0.25, 0.3) is 5.52 Å². The molecule has 21 heavy (non-hydrogen) atoms. The van der Waals surface area contributed by atoms with Gasteiger partial charge in [0.05, 0.1) is 12.6 Å². The summed E-state index contributed by atoms with van der Waals surface area (Å²) in [5.74, 6) is -0.565. The first kappa shape index (κ1) is 13.9. The number of hydrogen-bond acceptors (Lipinski definition) is 3. The third-order valence-corrected chi connectivity index (χ3v) is 3.72. The van der Waals surface area contributed by atoms with Gasteiger partial charge in [-0.1, -0.05) is 0 Å². The first-order valence-electron chi connectivity index (χ1n) is 6.51. The number of esters is 1. The number of rotatable bonds is 2. The van der Waals surface area contributed by atoms with Gasteiger partial charge in [-0.25, -0.2) is 9.31 Å². The number of carbonyl (C=O) groups excluding carboxylic acids is 1. The summed E-state index contributed by atoms with van der Waals surface area (Å²) in [4.78, 5) is 11.6. The number of alkyl halides is 3. The molecule has 1 aliphatic rings. The molecule has 1 fully saturated rings. The number of aryl methyl sites for hydroxylation is 1. The van der Waals surface area contributed by atoms with Crippen molar-refractivity contribution in [2.24, 2.45) is 0 Å². The zero-order valence-electron chi connectivity index (χ0n) is 11.5. The molecule has 2 aromatic rings. The van der Waals surface area contributed by atoms with Crippen LogP contribution >= 0.6 is 0 Å². The summed E-state index contributed by atoms with van der Waals surface area (Å²) in [6.07, 6.45) is -2.75. The second-order valence-electron chi connectivity index (χ2n) is 5.21. The smallest absolute Gasteiger partial charge is 0.433 e. The second-order valence-corrected chi connectivity index (χ2v) is 5.21. The SMILES string of the molecule is COC(=O)c1nn2c(C(F)(F)F)cc(C3CC3)cc2c1C. The molecular weight excluding hydrogens is 285 g/mol. The molecule has 0 amide bonds. The maximum Gasteiger partial charge on any atom is 0.433 e. The lowest BCUT2D eigenvalue weighted by Crippen LogP contribution is -2.13. The van der Waals surface area contributed by atoms with Crippen molar-refractivity contribution in [3.05, 3.63) is 34.6 Å². The molecule has 2 heterocycles. The average Bonchev–Trinajstić information content (AvgIpc) is 3.21. The van der Waals surface area contributed by atoms with Crippen LogP contribution in [0.4, 0.5) is 13.2 Å². The van der Waals surface area contributed by atoms with Crippen molar-refractivity contribution in [3.8, 4) is 0 Å². The van der Waals surface area contributed by atoms with Gasteiger partial charge in [-0.2, -0.15) is 18.3 Å². The molecule has 1 aliphatic carbocycles. The zero-order valence-corrected chi connectivity index (χ0v) is 11.5. The zero-order chi connectivity index (χ0) is 15.4. The average molecular weight is 298 g/mol. The lowest BCUT2D eigenvalue weighted by Gasteiger charge is -2.11. The van der Waals surface area contributed by atoms with Gasteiger partial charge in [-0.15, -0.1) is 0 Å². The van der Waals surface area contributed by atoms with E-state index in [0.29, 0.717) is 16.6 Å². The molecule has 3 rings (SSSR count). The maximum absolute atomic E-state index is 13.2. The third-order valence-electron chi connectivity index (χ3n) is 3.72. The Morgan fingerprint density at radius 2 is 2.05 bits per heavy atom. The van der Waals surface area contributed by atoms with Crippen LogP contribution < -0.4 is 0 Å². The van der Waals surface area contributed by atoms with Gasteiger partial charge in [-0.3, -0.25) is 0 Å². The van der Waals surface area contributed by atoms with Gasteiger partial charge in [0.25, 0.3) is 0 Å². The lowest BCUT2D eigenvalue weighted by molar-refractivity contribution is -0.142. The minimum atomic E-state index is -4.53. The van der Waals surface area contributed by atoms with Gasteiger partial charge in [0.2, 0.25) is 0 Å². The predicted molar refractivity (Wildman–Crippen MR) is 68.2 cm³/mol. The summed E-state index contributed by atoms with van der Waals surface area (Å²) in [6.45, 7) is 1.57. The molecule has 0 saturated heterocycles. The van der Waals surface area contributed by atoms with Crippen LogP contribution in [0.15, 0.2) is 12.1 Å². The van der Waals surface area contributed by atoms with Crippen molar-refractivity contribution in [1.82, 2.24) is 9.61 Å². The van der Waals surface area contributed by atoms with Gasteiger partial charge in [-0.05, 0) is 43.4 Å². The summed E-state index contributed by atoms with van der Waals surface area (Å²) in [5, 5.41) is 3.79. The van der Waals surface area contributed by atoms with E-state index in [-0.39, 0.29) is 11.6 Å². The number of halogens is 3. The number of nitrogens with zero attached hydrogens (tertiary/aromatic N) is 2. The highest BCUT2D eigenvalue weighted by molar-refractivity contribution is 5.91. The maximum atomic E-state index is 13.2. The van der Waals surface area contributed by atoms with Crippen LogP contribution in [0, 0.1) is 6.92 Å². The van der Waals surface area contributed by atoms with Crippen LogP contribution in [0.5, 0.6) is 0 Å². The van der Waals surface area contributed by atoms with E-state index in [9.17, 15) is 18.0 Å². The van der Waals surface area contributed by atoms with E-state index in [1.807, 2.05) is 0 Å². The Morgan fingerprint density at radius 3 is 2.57 bits per heavy atom. The number of methoxy groups -OCH3 is 1. The number of carbonyl (C=O) groups is 1. The highest BCUT2D eigenvalue weighted by atomic mass is 19.4. The molecule has 2 aromatic heterocycles. The van der Waals surface area contributed by atoms with E-state index in [1.165, 1.54) is 7.11 Å². The van der Waals surface area contributed by atoms with Gasteiger partial charge in [0, 0.05) is 5.56 Å². The van der Waals surface area contributed by atoms with Crippen molar-refractivity contribution in [1.29, 1.82) is 0 Å². The summed E-state index contributed by atoms with van der Waals surface area (Å²) in [7, 11) is 1.17. The van der Waals surface area contributed by atoms with E-state index in [4.69, 9.17) is 0 Å². The number of hydrogen-bond donors (Lipinski definition) is 0. The molecule has 0 atom stereocenters. The fourth-order valence-corrected chi connectivity index (χ4v) is 2.43. The Labute approximate surface area is 118 Å². The van der Waals surface area contributed by atoms with Crippen LogP contribution in [0.3, 0.4) is 0 Å². The predicted octanol–water partition coefficient (Wildman–Crippen LogP) is 3.33. The van der Waals surface area contributed by atoms with Crippen molar-refractivity contribution >= 4 is 11.5 Å². The largest absolute Gasteiger partial charge is 0.464 e. The normalized spacial score (nSPS) is 15.5. The molecule has 0 spiro atoms. The van der Waals surface area contributed by atoms with Crippen molar-refractivity contribution in [3.63, 3.8) is 0 Å². The standard InChI is InChI=1S/C14H13F3N2O2/c1-7-10-5-9(8-3-4-8)6-11(14(15,16)17)19(10)18-12(7)13(20)21-2/h5-6,8H,3-4H2,1-2H3. The first-order chi connectivity index (χ1) is 9.82. The molecule has 0 radical (unpaired) electrons. The topological polar surface area (TPSA) is 43.6 Å². The van der Waals surface area contributed by atoms with Crippen LogP contribution in [0.2, 0.25) is 0 Å². The highest BCUT2D eigenvalue weighted by Gasteiger charge is 2.37. The molecule has 7 heteroatoms. The monoisotopic (exact) mass is 298 g/mol. The molecule has 0 N–H and O–H groups in total. The summed E-state index contributed by atoms with van der Waals surface area (Å²) in [6, 6.07) is 2.81. The molecular formula is C14H13F3N2O2. The van der Waals surface area contributed by atoms with Crippen molar-refractivity contribution in [2.45, 2.75) is 31.9 Å². The Balaban J connectivity index is 2.30. The minimum absolute atomic E-state index is 0.0871. The molecule has 112 valence electrons. The van der Waals surface area contributed by atoms with Gasteiger partial charge >= 0.3 is 12.1 Å². The van der Waals surface area contributed by atoms with Gasteiger partial charge in [0.15, 0.2) is 5.69 Å². The first-order valence-corrected chi connectivity index (χ1v) is 6.51. The van der Waals surface area contributed by atoms with Crippen LogP contribution in [-0.2, 0) is 10.9 Å². The van der Waals surface area contributed by atoms with E-state index < -0.39 is 17.8 Å². The Kier molecular flexibility index (Phi) is 2.96. The molecule has 4 nitrogen and oxygen atoms in total. The molecule has 1 saturated carbocycles. The molecule has 0 bridgehead atoms. The summed E-state index contributed by atoms with van der Waals surface area (Å²) < 4.78 is 45.0. The quantitative estimate of drug-likeness (QED) is 0.799. The third kappa shape index (κ3) is 2.26. The number of aromatic nitrogens is 2. The van der Waals surface area contributed by atoms with E-state index in [1.54, 1.807) is 13.0 Å². The Bertz CT molecular complexity index is 730. The summed E-state index contributed by atoms with van der Waals surface area (Å²) in [5.41, 5.74) is 0.396. The van der Waals surface area contributed by atoms with Crippen LogP contribution in [-0.4, -0.2) is 22.7 Å². The van der Waals surface area contributed by atoms with E-state index >= 15 is 0 Å². The Morgan fingerprint density at radius 1 is 1.38 bits per heavy atom.